The molecule has 1 heterocycles. The predicted molar refractivity (Wildman–Crippen MR) is 55.4 cm³/mol. The summed E-state index contributed by atoms with van der Waals surface area (Å²) in [5.41, 5.74) is 5.95. The van der Waals surface area contributed by atoms with Crippen molar-refractivity contribution >= 4 is 5.69 Å². The van der Waals surface area contributed by atoms with E-state index in [4.69, 9.17) is 14.9 Å². The van der Waals surface area contributed by atoms with E-state index in [0.29, 0.717) is 11.6 Å². The molecule has 1 aromatic carbocycles. The molecule has 5 nitrogen and oxygen atoms in total. The molecule has 1 aromatic heterocycles. The molecule has 16 heavy (non-hydrogen) atoms. The van der Waals surface area contributed by atoms with Crippen LogP contribution in [0.25, 0.3) is 11.5 Å². The van der Waals surface area contributed by atoms with Gasteiger partial charge < -0.3 is 14.9 Å². The highest BCUT2D eigenvalue weighted by atomic mass is 19.1. The quantitative estimate of drug-likeness (QED) is 0.785. The van der Waals surface area contributed by atoms with E-state index >= 15 is 0 Å². The third-order valence-electron chi connectivity index (χ3n) is 2.08. The lowest BCUT2D eigenvalue weighted by molar-refractivity contribution is 0.416. The number of nitrogen functional groups attached to an aromatic ring is 1. The van der Waals surface area contributed by atoms with Gasteiger partial charge in [0.15, 0.2) is 0 Å². The van der Waals surface area contributed by atoms with Gasteiger partial charge in [-0.25, -0.2) is 4.39 Å². The maximum atomic E-state index is 13.6. The second kappa shape index (κ2) is 3.80. The van der Waals surface area contributed by atoms with Crippen molar-refractivity contribution in [3.05, 3.63) is 23.8 Å². The summed E-state index contributed by atoms with van der Waals surface area (Å²) in [6.07, 6.45) is 0. The first-order valence-corrected chi connectivity index (χ1v) is 4.55. The molecular weight excluding hydrogens is 213 g/mol. The number of rotatable bonds is 2. The summed E-state index contributed by atoms with van der Waals surface area (Å²) in [5.74, 6) is 0.313. The van der Waals surface area contributed by atoms with Crippen LogP contribution in [0, 0.1) is 12.7 Å². The van der Waals surface area contributed by atoms with Crippen LogP contribution in [0.5, 0.6) is 5.75 Å². The number of hydrogen-bond acceptors (Lipinski definition) is 5. The molecule has 6 heteroatoms. The number of ether oxygens (including phenoxy) is 1. The van der Waals surface area contributed by atoms with Crippen LogP contribution in [0.1, 0.15) is 5.89 Å². The van der Waals surface area contributed by atoms with Crippen LogP contribution >= 0.6 is 0 Å². The van der Waals surface area contributed by atoms with Gasteiger partial charge in [-0.05, 0) is 6.07 Å². The highest BCUT2D eigenvalue weighted by Gasteiger charge is 2.15. The number of methoxy groups -OCH3 is 1. The largest absolute Gasteiger partial charge is 0.495 e. The highest BCUT2D eigenvalue weighted by molar-refractivity contribution is 5.65. The fourth-order valence-corrected chi connectivity index (χ4v) is 1.31. The Kier molecular flexibility index (Phi) is 2.47. The first-order chi connectivity index (χ1) is 7.61. The molecule has 0 atom stereocenters. The molecule has 84 valence electrons. The molecule has 2 N–H and O–H groups in total. The lowest BCUT2D eigenvalue weighted by Gasteiger charge is -2.06. The van der Waals surface area contributed by atoms with E-state index in [0.717, 1.165) is 6.07 Å². The summed E-state index contributed by atoms with van der Waals surface area (Å²) in [4.78, 5) is 0. The summed E-state index contributed by atoms with van der Waals surface area (Å²) in [6.45, 7) is 1.63. The molecule has 0 amide bonds. The van der Waals surface area contributed by atoms with Gasteiger partial charge in [0.25, 0.3) is 5.89 Å². The van der Waals surface area contributed by atoms with Crippen molar-refractivity contribution in [2.75, 3.05) is 12.8 Å². The van der Waals surface area contributed by atoms with Crippen molar-refractivity contribution in [3.63, 3.8) is 0 Å². The molecule has 0 aliphatic rings. The molecule has 0 fully saturated rings. The van der Waals surface area contributed by atoms with Gasteiger partial charge in [-0.15, -0.1) is 10.2 Å². The average Bonchev–Trinajstić information content (AvgIpc) is 2.65. The van der Waals surface area contributed by atoms with Gasteiger partial charge in [-0.1, -0.05) is 0 Å². The standard InChI is InChI=1S/C10H10FN3O2/c1-5-13-14-10(16-5)6-3-9(15-2)8(12)4-7(6)11/h3-4H,12H2,1-2H3. The van der Waals surface area contributed by atoms with Gasteiger partial charge in [0, 0.05) is 13.0 Å². The van der Waals surface area contributed by atoms with Crippen LogP contribution in [0.2, 0.25) is 0 Å². The zero-order valence-electron chi connectivity index (χ0n) is 8.82. The van der Waals surface area contributed by atoms with E-state index in [-0.39, 0.29) is 17.1 Å². The smallest absolute Gasteiger partial charge is 0.250 e. The summed E-state index contributed by atoms with van der Waals surface area (Å²) >= 11 is 0. The normalized spacial score (nSPS) is 10.4. The second-order valence-electron chi connectivity index (χ2n) is 3.20. The Labute approximate surface area is 91.0 Å². The molecule has 0 bridgehead atoms. The highest BCUT2D eigenvalue weighted by Crippen LogP contribution is 2.30. The lowest BCUT2D eigenvalue weighted by atomic mass is 10.1. The molecule has 2 aromatic rings. The minimum Gasteiger partial charge on any atom is -0.495 e. The van der Waals surface area contributed by atoms with Crippen molar-refractivity contribution in [3.8, 4) is 17.2 Å². The number of anilines is 1. The number of nitrogens with zero attached hydrogens (tertiary/aromatic N) is 2. The summed E-state index contributed by atoms with van der Waals surface area (Å²) in [7, 11) is 1.45. The maximum absolute atomic E-state index is 13.6. The molecule has 0 saturated heterocycles. The van der Waals surface area contributed by atoms with Crippen molar-refractivity contribution in [2.24, 2.45) is 0 Å². The fraction of sp³-hybridized carbons (Fsp3) is 0.200. The molecule has 0 aliphatic carbocycles. The monoisotopic (exact) mass is 223 g/mol. The first kappa shape index (κ1) is 10.4. The first-order valence-electron chi connectivity index (χ1n) is 4.55. The minimum absolute atomic E-state index is 0.105. The van der Waals surface area contributed by atoms with E-state index < -0.39 is 5.82 Å². The van der Waals surface area contributed by atoms with Gasteiger partial charge in [0.05, 0.1) is 18.4 Å². The number of hydrogen-bond donors (Lipinski definition) is 1. The van der Waals surface area contributed by atoms with Gasteiger partial charge in [0.1, 0.15) is 11.6 Å². The Morgan fingerprint density at radius 2 is 2.12 bits per heavy atom. The predicted octanol–water partition coefficient (Wildman–Crippen LogP) is 1.77. The van der Waals surface area contributed by atoms with Crippen LogP contribution in [0.15, 0.2) is 16.5 Å². The third-order valence-corrected chi connectivity index (χ3v) is 2.08. The molecular formula is C10H10FN3O2. The van der Waals surface area contributed by atoms with E-state index in [1.54, 1.807) is 6.92 Å². The second-order valence-corrected chi connectivity index (χ2v) is 3.20. The molecule has 0 saturated carbocycles. The van der Waals surface area contributed by atoms with Crippen molar-refractivity contribution in [2.45, 2.75) is 6.92 Å². The minimum atomic E-state index is -0.526. The Bertz CT molecular complexity index is 525. The Hall–Kier alpha value is -2.11. The van der Waals surface area contributed by atoms with Crippen molar-refractivity contribution in [1.29, 1.82) is 0 Å². The zero-order chi connectivity index (χ0) is 11.7. The topological polar surface area (TPSA) is 74.2 Å². The van der Waals surface area contributed by atoms with E-state index in [1.165, 1.54) is 13.2 Å². The summed E-state index contributed by atoms with van der Waals surface area (Å²) in [5, 5.41) is 7.36. The maximum Gasteiger partial charge on any atom is 0.250 e. The van der Waals surface area contributed by atoms with Gasteiger partial charge in [-0.2, -0.15) is 0 Å². The molecule has 0 aliphatic heterocycles. The van der Waals surface area contributed by atoms with Crippen LogP contribution in [0.3, 0.4) is 0 Å². The number of nitrogens with two attached hydrogens (primary N) is 1. The Morgan fingerprint density at radius 3 is 2.69 bits per heavy atom. The number of halogens is 1. The van der Waals surface area contributed by atoms with Crippen LogP contribution < -0.4 is 10.5 Å². The third kappa shape index (κ3) is 1.69. The molecule has 0 radical (unpaired) electrons. The van der Waals surface area contributed by atoms with Gasteiger partial charge >= 0.3 is 0 Å². The van der Waals surface area contributed by atoms with Crippen LogP contribution in [-0.4, -0.2) is 17.3 Å². The van der Waals surface area contributed by atoms with Crippen molar-refractivity contribution < 1.29 is 13.5 Å². The van der Waals surface area contributed by atoms with E-state index in [1.807, 2.05) is 0 Å². The van der Waals surface area contributed by atoms with Crippen LogP contribution in [-0.2, 0) is 0 Å². The SMILES string of the molecule is COc1cc(-c2nnc(C)o2)c(F)cc1N. The number of aromatic nitrogens is 2. The fourth-order valence-electron chi connectivity index (χ4n) is 1.31. The molecule has 0 spiro atoms. The summed E-state index contributed by atoms with van der Waals surface area (Å²) in [6, 6.07) is 2.59. The van der Waals surface area contributed by atoms with E-state index in [2.05, 4.69) is 10.2 Å². The lowest BCUT2D eigenvalue weighted by Crippen LogP contribution is -1.95. The number of aryl methyl sites for hydroxylation is 1. The summed E-state index contributed by atoms with van der Waals surface area (Å²) < 4.78 is 23.7. The molecule has 2 rings (SSSR count). The number of benzene rings is 1. The Balaban J connectivity index is 2.56. The van der Waals surface area contributed by atoms with Crippen molar-refractivity contribution in [1.82, 2.24) is 10.2 Å². The van der Waals surface area contributed by atoms with Gasteiger partial charge in [0.2, 0.25) is 5.89 Å². The van der Waals surface area contributed by atoms with Crippen LogP contribution in [0.4, 0.5) is 10.1 Å². The van der Waals surface area contributed by atoms with E-state index in [9.17, 15) is 4.39 Å². The average molecular weight is 223 g/mol. The Morgan fingerprint density at radius 1 is 1.38 bits per heavy atom. The van der Waals surface area contributed by atoms with Gasteiger partial charge in [-0.3, -0.25) is 0 Å². The zero-order valence-corrected chi connectivity index (χ0v) is 8.82. The molecule has 0 unspecified atom stereocenters.